The number of allylic oxidation sites excluding steroid dienone is 1. The summed E-state index contributed by atoms with van der Waals surface area (Å²) in [6.07, 6.45) is 2.88. The maximum Gasteiger partial charge on any atom is 0.334 e. The summed E-state index contributed by atoms with van der Waals surface area (Å²) in [5, 5.41) is 0. The van der Waals surface area contributed by atoms with Crippen molar-refractivity contribution in [3.63, 3.8) is 0 Å². The molecule has 0 spiro atoms. The molecule has 0 atom stereocenters. The minimum Gasteiger partial charge on any atom is -0.466 e. The van der Waals surface area contributed by atoms with Crippen LogP contribution >= 0.6 is 0 Å². The van der Waals surface area contributed by atoms with Crippen LogP contribution in [0.4, 0.5) is 0 Å². The molecule has 0 aliphatic rings. The summed E-state index contributed by atoms with van der Waals surface area (Å²) in [5.41, 5.74) is 0.226. The number of hydrogen-bond donors (Lipinski definition) is 0. The normalized spacial score (nSPS) is 10.5. The fraction of sp³-hybridized carbons (Fsp3) is 0.333. The first-order valence-corrected chi connectivity index (χ1v) is 3.63. The molecule has 0 aromatic carbocycles. The maximum atomic E-state index is 11.0. The number of carbonyl (C=O) groups excluding carboxylic acids is 2. The van der Waals surface area contributed by atoms with E-state index in [1.165, 1.54) is 20.3 Å². The van der Waals surface area contributed by atoms with Gasteiger partial charge in [-0.3, -0.25) is 0 Å². The van der Waals surface area contributed by atoms with Gasteiger partial charge in [0.15, 0.2) is 0 Å². The maximum absolute atomic E-state index is 11.0. The van der Waals surface area contributed by atoms with Crippen LogP contribution in [0.2, 0.25) is 0 Å². The third kappa shape index (κ3) is 4.10. The highest BCUT2D eigenvalue weighted by atomic mass is 16.5. The third-order valence-corrected chi connectivity index (χ3v) is 1.31. The zero-order valence-corrected chi connectivity index (χ0v) is 7.70. The van der Waals surface area contributed by atoms with Crippen molar-refractivity contribution in [2.75, 3.05) is 14.2 Å². The summed E-state index contributed by atoms with van der Waals surface area (Å²) in [7, 11) is 2.48. The quantitative estimate of drug-likeness (QED) is 0.369. The van der Waals surface area contributed by atoms with E-state index in [0.717, 1.165) is 6.08 Å². The molecule has 0 rings (SSSR count). The molecule has 0 saturated heterocycles. The predicted molar refractivity (Wildman–Crippen MR) is 46.9 cm³/mol. The Balaban J connectivity index is 4.57. The van der Waals surface area contributed by atoms with Crippen LogP contribution in [0.5, 0.6) is 0 Å². The minimum absolute atomic E-state index is 0.226. The number of methoxy groups -OCH3 is 2. The standard InChI is InChI=1S/C9H12O4/c1-4-5-7(9(11)13-3)6-8(10)12-2/h4,6H,1,5H2,2-3H3. The van der Waals surface area contributed by atoms with E-state index in [-0.39, 0.29) is 12.0 Å². The molecule has 0 aliphatic heterocycles. The van der Waals surface area contributed by atoms with E-state index < -0.39 is 11.9 Å². The van der Waals surface area contributed by atoms with Gasteiger partial charge in [0.1, 0.15) is 0 Å². The van der Waals surface area contributed by atoms with Gasteiger partial charge >= 0.3 is 11.9 Å². The minimum atomic E-state index is -0.581. The zero-order valence-electron chi connectivity index (χ0n) is 7.70. The van der Waals surface area contributed by atoms with Crippen molar-refractivity contribution in [2.24, 2.45) is 0 Å². The lowest BCUT2D eigenvalue weighted by atomic mass is 10.2. The molecule has 4 heteroatoms. The molecule has 0 unspecified atom stereocenters. The van der Waals surface area contributed by atoms with Crippen molar-refractivity contribution in [3.05, 3.63) is 24.3 Å². The van der Waals surface area contributed by atoms with Gasteiger partial charge in [0, 0.05) is 11.6 Å². The van der Waals surface area contributed by atoms with Crippen LogP contribution in [-0.4, -0.2) is 26.2 Å². The van der Waals surface area contributed by atoms with Gasteiger partial charge in [-0.15, -0.1) is 6.58 Å². The van der Waals surface area contributed by atoms with E-state index in [1.54, 1.807) is 0 Å². The van der Waals surface area contributed by atoms with Gasteiger partial charge in [0.25, 0.3) is 0 Å². The molecule has 0 aromatic rings. The van der Waals surface area contributed by atoms with E-state index in [1.807, 2.05) is 0 Å². The highest BCUT2D eigenvalue weighted by Gasteiger charge is 2.09. The average molecular weight is 184 g/mol. The molecule has 0 aromatic heterocycles. The lowest BCUT2D eigenvalue weighted by Crippen LogP contribution is -2.07. The lowest BCUT2D eigenvalue weighted by Gasteiger charge is -2.00. The Morgan fingerprint density at radius 3 is 2.31 bits per heavy atom. The zero-order chi connectivity index (χ0) is 10.3. The van der Waals surface area contributed by atoms with Crippen LogP contribution in [-0.2, 0) is 19.1 Å². The first-order valence-electron chi connectivity index (χ1n) is 3.63. The molecule has 0 radical (unpaired) electrons. The molecule has 0 N–H and O–H groups in total. The molecule has 72 valence electrons. The summed E-state index contributed by atoms with van der Waals surface area (Å²) in [6.45, 7) is 3.45. The van der Waals surface area contributed by atoms with Crippen molar-refractivity contribution in [2.45, 2.75) is 6.42 Å². The fourth-order valence-electron chi connectivity index (χ4n) is 0.689. The van der Waals surface area contributed by atoms with Crippen LogP contribution in [0, 0.1) is 0 Å². The van der Waals surface area contributed by atoms with Crippen LogP contribution in [0.1, 0.15) is 6.42 Å². The van der Waals surface area contributed by atoms with Gasteiger partial charge in [0.2, 0.25) is 0 Å². The molecule has 0 amide bonds. The Morgan fingerprint density at radius 2 is 1.92 bits per heavy atom. The van der Waals surface area contributed by atoms with Crippen LogP contribution in [0.15, 0.2) is 24.3 Å². The summed E-state index contributed by atoms with van der Waals surface area (Å²) in [6, 6.07) is 0. The van der Waals surface area contributed by atoms with E-state index in [0.29, 0.717) is 0 Å². The Labute approximate surface area is 76.8 Å². The number of esters is 2. The summed E-state index contributed by atoms with van der Waals surface area (Å²) < 4.78 is 8.81. The monoisotopic (exact) mass is 184 g/mol. The average Bonchev–Trinajstić information content (AvgIpc) is 2.15. The number of carbonyl (C=O) groups is 2. The summed E-state index contributed by atoms with van der Waals surface area (Å²) in [4.78, 5) is 21.8. The van der Waals surface area contributed by atoms with E-state index in [9.17, 15) is 9.59 Å². The third-order valence-electron chi connectivity index (χ3n) is 1.31. The molecular formula is C9H12O4. The summed E-state index contributed by atoms with van der Waals surface area (Å²) in [5.74, 6) is -1.13. The van der Waals surface area contributed by atoms with Gasteiger partial charge in [-0.25, -0.2) is 9.59 Å². The Hall–Kier alpha value is -1.58. The van der Waals surface area contributed by atoms with Crippen molar-refractivity contribution >= 4 is 11.9 Å². The highest BCUT2D eigenvalue weighted by Crippen LogP contribution is 2.04. The molecule has 0 heterocycles. The van der Waals surface area contributed by atoms with Crippen LogP contribution in [0.25, 0.3) is 0 Å². The van der Waals surface area contributed by atoms with Gasteiger partial charge < -0.3 is 9.47 Å². The van der Waals surface area contributed by atoms with Crippen molar-refractivity contribution in [1.29, 1.82) is 0 Å². The second kappa shape index (κ2) is 5.99. The Morgan fingerprint density at radius 1 is 1.31 bits per heavy atom. The highest BCUT2D eigenvalue weighted by molar-refractivity contribution is 5.96. The number of rotatable bonds is 4. The second-order valence-corrected chi connectivity index (χ2v) is 2.18. The molecule has 13 heavy (non-hydrogen) atoms. The van der Waals surface area contributed by atoms with E-state index in [2.05, 4.69) is 16.1 Å². The molecule has 0 bridgehead atoms. The largest absolute Gasteiger partial charge is 0.466 e. The van der Waals surface area contributed by atoms with Crippen molar-refractivity contribution < 1.29 is 19.1 Å². The van der Waals surface area contributed by atoms with Gasteiger partial charge in [-0.1, -0.05) is 6.08 Å². The molecule has 0 aliphatic carbocycles. The van der Waals surface area contributed by atoms with Crippen LogP contribution < -0.4 is 0 Å². The predicted octanol–water partition coefficient (Wildman–Crippen LogP) is 0.835. The molecule has 4 nitrogen and oxygen atoms in total. The Bertz CT molecular complexity index is 240. The lowest BCUT2D eigenvalue weighted by molar-refractivity contribution is -0.138. The molecule has 0 saturated carbocycles. The smallest absolute Gasteiger partial charge is 0.334 e. The van der Waals surface area contributed by atoms with Crippen LogP contribution in [0.3, 0.4) is 0 Å². The number of ether oxygens (including phenoxy) is 2. The van der Waals surface area contributed by atoms with E-state index >= 15 is 0 Å². The van der Waals surface area contributed by atoms with Gasteiger partial charge in [-0.2, -0.15) is 0 Å². The van der Waals surface area contributed by atoms with Gasteiger partial charge in [-0.05, 0) is 6.42 Å². The Kier molecular flexibility index (Phi) is 5.27. The first kappa shape index (κ1) is 11.4. The SMILES string of the molecule is C=CCC(=CC(=O)OC)C(=O)OC. The van der Waals surface area contributed by atoms with Crippen molar-refractivity contribution in [1.82, 2.24) is 0 Å². The topological polar surface area (TPSA) is 52.6 Å². The summed E-state index contributed by atoms with van der Waals surface area (Å²) >= 11 is 0. The van der Waals surface area contributed by atoms with Gasteiger partial charge in [0.05, 0.1) is 14.2 Å². The fourth-order valence-corrected chi connectivity index (χ4v) is 0.689. The first-order chi connectivity index (χ1) is 6.15. The molecule has 0 fully saturated rings. The second-order valence-electron chi connectivity index (χ2n) is 2.18. The number of hydrogen-bond acceptors (Lipinski definition) is 4. The van der Waals surface area contributed by atoms with Crippen molar-refractivity contribution in [3.8, 4) is 0 Å². The molecular weight excluding hydrogens is 172 g/mol. The van der Waals surface area contributed by atoms with E-state index in [4.69, 9.17) is 0 Å².